The van der Waals surface area contributed by atoms with Gasteiger partial charge in [-0.15, -0.1) is 11.6 Å². The van der Waals surface area contributed by atoms with Crippen LogP contribution in [0.25, 0.3) is 0 Å². The zero-order valence-corrected chi connectivity index (χ0v) is 14.3. The summed E-state index contributed by atoms with van der Waals surface area (Å²) in [5.74, 6) is 0. The van der Waals surface area contributed by atoms with E-state index in [1.165, 1.54) is 0 Å². The van der Waals surface area contributed by atoms with Crippen molar-refractivity contribution in [3.63, 3.8) is 0 Å². The summed E-state index contributed by atoms with van der Waals surface area (Å²) in [5, 5.41) is 0.749. The molecular weight excluding hydrogens is 307 g/mol. The van der Waals surface area contributed by atoms with E-state index in [-0.39, 0.29) is 22.2 Å². The minimum Gasteiger partial charge on any atom is -0.370 e. The summed E-state index contributed by atoms with van der Waals surface area (Å²) in [5.41, 5.74) is 0.520. The van der Waals surface area contributed by atoms with Gasteiger partial charge >= 0.3 is 0 Å². The Morgan fingerprint density at radius 1 is 1.33 bits per heavy atom. The van der Waals surface area contributed by atoms with Crippen molar-refractivity contribution < 1.29 is 9.47 Å². The second kappa shape index (κ2) is 5.13. The van der Waals surface area contributed by atoms with Gasteiger partial charge in [-0.25, -0.2) is 0 Å². The van der Waals surface area contributed by atoms with Crippen molar-refractivity contribution in [3.8, 4) is 0 Å². The lowest BCUT2D eigenvalue weighted by Crippen LogP contribution is -2.45. The third kappa shape index (κ3) is 2.61. The van der Waals surface area contributed by atoms with E-state index in [1.807, 2.05) is 38.1 Å². The van der Waals surface area contributed by atoms with Gasteiger partial charge in [-0.05, 0) is 45.2 Å². The first-order valence-corrected chi connectivity index (χ1v) is 8.26. The van der Waals surface area contributed by atoms with E-state index >= 15 is 0 Å². The van der Waals surface area contributed by atoms with Crippen LogP contribution in [0.4, 0.5) is 0 Å². The molecule has 3 unspecified atom stereocenters. The maximum atomic E-state index is 6.59. The van der Waals surface area contributed by atoms with Crippen LogP contribution < -0.4 is 0 Å². The third-order valence-corrected chi connectivity index (χ3v) is 5.84. The van der Waals surface area contributed by atoms with Gasteiger partial charge in [0.05, 0.1) is 28.8 Å². The fourth-order valence-electron chi connectivity index (χ4n) is 3.59. The largest absolute Gasteiger partial charge is 0.370 e. The van der Waals surface area contributed by atoms with E-state index in [0.717, 1.165) is 29.8 Å². The van der Waals surface area contributed by atoms with E-state index in [4.69, 9.17) is 32.7 Å². The van der Waals surface area contributed by atoms with E-state index in [2.05, 4.69) is 6.92 Å². The SMILES string of the molecule is CC12CCC(C(C)(C)Cl)(CC1OCc1ccccc1Cl)O2. The highest BCUT2D eigenvalue weighted by Gasteiger charge is 2.64. The molecule has 2 aliphatic rings. The summed E-state index contributed by atoms with van der Waals surface area (Å²) in [6.45, 7) is 6.73. The maximum Gasteiger partial charge on any atom is 0.0925 e. The summed E-state index contributed by atoms with van der Waals surface area (Å²) in [6.07, 6.45) is 2.92. The highest BCUT2D eigenvalue weighted by Crippen LogP contribution is 2.57. The molecule has 2 nitrogen and oxygen atoms in total. The maximum absolute atomic E-state index is 6.59. The van der Waals surface area contributed by atoms with Gasteiger partial charge in [-0.3, -0.25) is 0 Å². The van der Waals surface area contributed by atoms with Gasteiger partial charge in [0, 0.05) is 11.4 Å². The van der Waals surface area contributed by atoms with Crippen LogP contribution in [0, 0.1) is 0 Å². The number of benzene rings is 1. The molecule has 0 saturated carbocycles. The van der Waals surface area contributed by atoms with Gasteiger partial charge < -0.3 is 9.47 Å². The number of rotatable bonds is 4. The third-order valence-electron chi connectivity index (χ3n) is 5.13. The molecule has 3 atom stereocenters. The van der Waals surface area contributed by atoms with Crippen molar-refractivity contribution in [2.24, 2.45) is 0 Å². The average molecular weight is 329 g/mol. The predicted octanol–water partition coefficient (Wildman–Crippen LogP) is 4.95. The number of alkyl halides is 1. The Morgan fingerprint density at radius 3 is 2.67 bits per heavy atom. The molecule has 3 rings (SSSR count). The first-order chi connectivity index (χ1) is 9.76. The molecule has 0 aromatic heterocycles. The molecule has 2 heterocycles. The second-order valence-electron chi connectivity index (χ2n) is 6.98. The molecule has 1 aromatic carbocycles. The van der Waals surface area contributed by atoms with Crippen LogP contribution in [0.15, 0.2) is 24.3 Å². The molecule has 2 saturated heterocycles. The zero-order chi connectivity index (χ0) is 15.3. The Balaban J connectivity index is 1.72. The van der Waals surface area contributed by atoms with E-state index in [0.29, 0.717) is 6.61 Å². The number of halogens is 2. The Bertz CT molecular complexity index is 540. The second-order valence-corrected chi connectivity index (χ2v) is 8.33. The van der Waals surface area contributed by atoms with Crippen molar-refractivity contribution in [1.82, 2.24) is 0 Å². The lowest BCUT2D eigenvalue weighted by atomic mass is 9.75. The highest BCUT2D eigenvalue weighted by molar-refractivity contribution is 6.31. The molecule has 0 spiro atoms. The molecule has 2 fully saturated rings. The van der Waals surface area contributed by atoms with Crippen molar-refractivity contribution in [2.45, 2.75) is 68.8 Å². The Morgan fingerprint density at radius 2 is 2.05 bits per heavy atom. The fourth-order valence-corrected chi connectivity index (χ4v) is 3.99. The molecule has 21 heavy (non-hydrogen) atoms. The lowest BCUT2D eigenvalue weighted by Gasteiger charge is -2.37. The Labute approximate surface area is 136 Å². The van der Waals surface area contributed by atoms with Crippen LogP contribution in [0.5, 0.6) is 0 Å². The van der Waals surface area contributed by atoms with Crippen molar-refractivity contribution in [3.05, 3.63) is 34.9 Å². The molecule has 4 heteroatoms. The van der Waals surface area contributed by atoms with Crippen LogP contribution in [-0.2, 0) is 16.1 Å². The number of fused-ring (bicyclic) bond motifs is 2. The standard InChI is InChI=1S/C17H22Cl2O2/c1-15(2,19)17-9-8-16(3,21-17)14(10-17)20-11-12-6-4-5-7-13(12)18/h4-7,14H,8-11H2,1-3H3. The molecule has 0 amide bonds. The van der Waals surface area contributed by atoms with Gasteiger partial charge in [0.1, 0.15) is 0 Å². The lowest BCUT2D eigenvalue weighted by molar-refractivity contribution is -0.0925. The summed E-state index contributed by atoms with van der Waals surface area (Å²) in [6, 6.07) is 7.80. The van der Waals surface area contributed by atoms with Crippen molar-refractivity contribution in [1.29, 1.82) is 0 Å². The Kier molecular flexibility index (Phi) is 3.81. The van der Waals surface area contributed by atoms with E-state index in [1.54, 1.807) is 0 Å². The van der Waals surface area contributed by atoms with Crippen LogP contribution in [0.3, 0.4) is 0 Å². The predicted molar refractivity (Wildman–Crippen MR) is 86.0 cm³/mol. The van der Waals surface area contributed by atoms with Crippen LogP contribution in [-0.4, -0.2) is 22.2 Å². The van der Waals surface area contributed by atoms with Gasteiger partial charge in [-0.2, -0.15) is 0 Å². The van der Waals surface area contributed by atoms with Gasteiger partial charge in [-0.1, -0.05) is 29.8 Å². The Hall–Kier alpha value is -0.280. The van der Waals surface area contributed by atoms with Crippen LogP contribution in [0.2, 0.25) is 5.02 Å². The molecule has 0 N–H and O–H groups in total. The number of hydrogen-bond donors (Lipinski definition) is 0. The molecule has 1 aromatic rings. The minimum absolute atomic E-state index is 0.0700. The highest BCUT2D eigenvalue weighted by atomic mass is 35.5. The summed E-state index contributed by atoms with van der Waals surface area (Å²) in [4.78, 5) is -0.382. The van der Waals surface area contributed by atoms with Crippen LogP contribution >= 0.6 is 23.2 Å². The fraction of sp³-hybridized carbons (Fsp3) is 0.647. The van der Waals surface area contributed by atoms with Crippen LogP contribution in [0.1, 0.15) is 45.6 Å². The first-order valence-electron chi connectivity index (χ1n) is 7.50. The number of ether oxygens (including phenoxy) is 2. The normalized spacial score (nSPS) is 35.4. The minimum atomic E-state index is -0.382. The molecular formula is C17H22Cl2O2. The van der Waals surface area contributed by atoms with Crippen molar-refractivity contribution in [2.75, 3.05) is 0 Å². The average Bonchev–Trinajstić information content (AvgIpc) is 2.89. The van der Waals surface area contributed by atoms with E-state index < -0.39 is 0 Å². The quantitative estimate of drug-likeness (QED) is 0.727. The summed E-state index contributed by atoms with van der Waals surface area (Å²) < 4.78 is 12.5. The number of hydrogen-bond acceptors (Lipinski definition) is 2. The summed E-state index contributed by atoms with van der Waals surface area (Å²) >= 11 is 12.8. The van der Waals surface area contributed by atoms with E-state index in [9.17, 15) is 0 Å². The molecule has 0 aliphatic carbocycles. The zero-order valence-electron chi connectivity index (χ0n) is 12.8. The van der Waals surface area contributed by atoms with Gasteiger partial charge in [0.25, 0.3) is 0 Å². The van der Waals surface area contributed by atoms with Crippen molar-refractivity contribution >= 4 is 23.2 Å². The molecule has 116 valence electrons. The summed E-state index contributed by atoms with van der Waals surface area (Å²) in [7, 11) is 0. The molecule has 2 aliphatic heterocycles. The molecule has 0 radical (unpaired) electrons. The molecule has 2 bridgehead atoms. The van der Waals surface area contributed by atoms with Gasteiger partial charge in [0.2, 0.25) is 0 Å². The topological polar surface area (TPSA) is 18.5 Å². The first kappa shape index (κ1) is 15.6. The van der Waals surface area contributed by atoms with Gasteiger partial charge in [0.15, 0.2) is 0 Å². The monoisotopic (exact) mass is 328 g/mol. The smallest absolute Gasteiger partial charge is 0.0925 e.